The summed E-state index contributed by atoms with van der Waals surface area (Å²) in [5.74, 6) is 0. The largest absolute Gasteiger partial charge is 0.210 e. The number of rotatable bonds is 1. The molecular formula is C9H6ClIN2S. The van der Waals surface area contributed by atoms with Crippen LogP contribution in [0.25, 0.3) is 10.6 Å². The van der Waals surface area contributed by atoms with Crippen molar-refractivity contribution in [3.8, 4) is 10.6 Å². The van der Waals surface area contributed by atoms with Gasteiger partial charge >= 0.3 is 0 Å². The number of benzene rings is 1. The van der Waals surface area contributed by atoms with Crippen LogP contribution < -0.4 is 0 Å². The van der Waals surface area contributed by atoms with E-state index in [9.17, 15) is 0 Å². The van der Waals surface area contributed by atoms with Gasteiger partial charge in [-0.3, -0.25) is 0 Å². The number of nitrogens with zero attached hydrogens (tertiary/aromatic N) is 2. The number of hydrogen-bond donors (Lipinski definition) is 0. The highest BCUT2D eigenvalue weighted by Crippen LogP contribution is 2.27. The quantitative estimate of drug-likeness (QED) is 0.741. The average Bonchev–Trinajstić information content (AvgIpc) is 2.56. The van der Waals surface area contributed by atoms with Gasteiger partial charge < -0.3 is 0 Å². The van der Waals surface area contributed by atoms with Gasteiger partial charge in [0.05, 0.1) is 0 Å². The molecule has 0 atom stereocenters. The van der Waals surface area contributed by atoms with E-state index in [0.717, 1.165) is 19.4 Å². The molecule has 1 heterocycles. The van der Waals surface area contributed by atoms with Crippen molar-refractivity contribution in [1.82, 2.24) is 9.36 Å². The van der Waals surface area contributed by atoms with Crippen molar-refractivity contribution in [2.75, 3.05) is 0 Å². The Morgan fingerprint density at radius 1 is 1.43 bits per heavy atom. The Kier molecular flexibility index (Phi) is 3.04. The van der Waals surface area contributed by atoms with Crippen molar-refractivity contribution < 1.29 is 0 Å². The van der Waals surface area contributed by atoms with Crippen molar-refractivity contribution in [3.05, 3.63) is 32.6 Å². The minimum Gasteiger partial charge on any atom is -0.210 e. The standard InChI is InChI=1S/C9H6ClIN2S/c1-5-2-3-6(10)4-7(5)8-12-9(11)13-14-8/h2-4H,1H3. The van der Waals surface area contributed by atoms with Gasteiger partial charge in [0.1, 0.15) is 5.01 Å². The van der Waals surface area contributed by atoms with E-state index in [2.05, 4.69) is 31.9 Å². The van der Waals surface area contributed by atoms with Gasteiger partial charge in [-0.25, -0.2) is 4.98 Å². The number of aromatic nitrogens is 2. The Balaban J connectivity index is 2.55. The number of hydrogen-bond acceptors (Lipinski definition) is 3. The Morgan fingerprint density at radius 3 is 2.86 bits per heavy atom. The summed E-state index contributed by atoms with van der Waals surface area (Å²) >= 11 is 9.43. The van der Waals surface area contributed by atoms with Crippen LogP contribution >= 0.6 is 45.7 Å². The first kappa shape index (κ1) is 10.3. The SMILES string of the molecule is Cc1ccc(Cl)cc1-c1nc(I)ns1. The van der Waals surface area contributed by atoms with Crippen LogP contribution in [0.5, 0.6) is 0 Å². The van der Waals surface area contributed by atoms with Gasteiger partial charge in [0.2, 0.25) is 3.83 Å². The van der Waals surface area contributed by atoms with Gasteiger partial charge in [-0.15, -0.1) is 0 Å². The van der Waals surface area contributed by atoms with Crippen molar-refractivity contribution >= 4 is 45.7 Å². The highest BCUT2D eigenvalue weighted by Gasteiger charge is 2.07. The van der Waals surface area contributed by atoms with E-state index in [1.54, 1.807) is 0 Å². The third kappa shape index (κ3) is 2.07. The molecule has 2 rings (SSSR count). The smallest absolute Gasteiger partial charge is 0.203 e. The van der Waals surface area contributed by atoms with E-state index in [4.69, 9.17) is 11.6 Å². The maximum atomic E-state index is 5.93. The lowest BCUT2D eigenvalue weighted by molar-refractivity contribution is 1.25. The van der Waals surface area contributed by atoms with E-state index in [-0.39, 0.29) is 0 Å². The highest BCUT2D eigenvalue weighted by molar-refractivity contribution is 14.1. The summed E-state index contributed by atoms with van der Waals surface area (Å²) in [6.45, 7) is 2.04. The molecular weight excluding hydrogens is 331 g/mol. The molecule has 0 aliphatic carbocycles. The molecule has 0 bridgehead atoms. The molecule has 0 aliphatic heterocycles. The third-order valence-electron chi connectivity index (χ3n) is 1.83. The summed E-state index contributed by atoms with van der Waals surface area (Å²) in [7, 11) is 0. The predicted octanol–water partition coefficient (Wildman–Crippen LogP) is 3.77. The van der Waals surface area contributed by atoms with E-state index in [0.29, 0.717) is 0 Å². The van der Waals surface area contributed by atoms with Crippen LogP contribution in [0.4, 0.5) is 0 Å². The zero-order chi connectivity index (χ0) is 10.1. The maximum Gasteiger partial charge on any atom is 0.203 e. The number of aryl methyl sites for hydroxylation is 1. The van der Waals surface area contributed by atoms with Crippen molar-refractivity contribution in [2.45, 2.75) is 6.92 Å². The zero-order valence-corrected chi connectivity index (χ0v) is 11.0. The summed E-state index contributed by atoms with van der Waals surface area (Å²) < 4.78 is 4.92. The Bertz CT molecular complexity index is 470. The Hall–Kier alpha value is -0.200. The lowest BCUT2D eigenvalue weighted by Crippen LogP contribution is -1.82. The fraction of sp³-hybridized carbons (Fsp3) is 0.111. The fourth-order valence-corrected chi connectivity index (χ4v) is 2.66. The second-order valence-electron chi connectivity index (χ2n) is 2.83. The molecule has 14 heavy (non-hydrogen) atoms. The summed E-state index contributed by atoms with van der Waals surface area (Å²) in [6, 6.07) is 5.80. The third-order valence-corrected chi connectivity index (χ3v) is 3.62. The molecule has 0 fully saturated rings. The van der Waals surface area contributed by atoms with Crippen LogP contribution in [0.2, 0.25) is 5.02 Å². The van der Waals surface area contributed by atoms with Crippen LogP contribution in [0, 0.1) is 10.8 Å². The van der Waals surface area contributed by atoms with Crippen molar-refractivity contribution in [2.24, 2.45) is 0 Å². The molecule has 0 saturated carbocycles. The monoisotopic (exact) mass is 336 g/mol. The molecule has 5 heteroatoms. The van der Waals surface area contributed by atoms with E-state index in [1.807, 2.05) is 25.1 Å². The molecule has 0 radical (unpaired) electrons. The summed E-state index contributed by atoms with van der Waals surface area (Å²) in [5.41, 5.74) is 2.24. The van der Waals surface area contributed by atoms with Crippen molar-refractivity contribution in [1.29, 1.82) is 0 Å². The highest BCUT2D eigenvalue weighted by atomic mass is 127. The maximum absolute atomic E-state index is 5.93. The lowest BCUT2D eigenvalue weighted by atomic mass is 10.1. The first-order valence-corrected chi connectivity index (χ1v) is 6.15. The minimum absolute atomic E-state index is 0.732. The summed E-state index contributed by atoms with van der Waals surface area (Å²) in [6.07, 6.45) is 0. The van der Waals surface area contributed by atoms with Gasteiger partial charge in [-0.1, -0.05) is 17.7 Å². The average molecular weight is 337 g/mol. The van der Waals surface area contributed by atoms with E-state index < -0.39 is 0 Å². The van der Waals surface area contributed by atoms with Crippen LogP contribution in [-0.2, 0) is 0 Å². The molecule has 0 aliphatic rings. The molecule has 0 amide bonds. The van der Waals surface area contributed by atoms with Crippen LogP contribution in [0.1, 0.15) is 5.56 Å². The molecule has 0 saturated heterocycles. The van der Waals surface area contributed by atoms with Crippen LogP contribution in [-0.4, -0.2) is 9.36 Å². The summed E-state index contributed by atoms with van der Waals surface area (Å²) in [5, 5.41) is 1.66. The molecule has 2 aromatic rings. The lowest BCUT2D eigenvalue weighted by Gasteiger charge is -2.01. The van der Waals surface area contributed by atoms with Gasteiger partial charge in [-0.05, 0) is 36.2 Å². The molecule has 72 valence electrons. The Labute approximate surface area is 105 Å². The van der Waals surface area contributed by atoms with E-state index >= 15 is 0 Å². The number of halogens is 2. The topological polar surface area (TPSA) is 25.8 Å². The second-order valence-corrected chi connectivity index (χ2v) is 4.98. The first-order valence-electron chi connectivity index (χ1n) is 3.92. The van der Waals surface area contributed by atoms with Gasteiger partial charge in [-0.2, -0.15) is 4.37 Å². The summed E-state index contributed by atoms with van der Waals surface area (Å²) in [4.78, 5) is 4.32. The minimum atomic E-state index is 0.732. The van der Waals surface area contributed by atoms with Crippen LogP contribution in [0.3, 0.4) is 0 Å². The Morgan fingerprint density at radius 2 is 2.21 bits per heavy atom. The molecule has 1 aromatic carbocycles. The van der Waals surface area contributed by atoms with Crippen molar-refractivity contribution in [3.63, 3.8) is 0 Å². The second kappa shape index (κ2) is 4.12. The van der Waals surface area contributed by atoms with E-state index in [1.165, 1.54) is 17.1 Å². The predicted molar refractivity (Wildman–Crippen MR) is 67.8 cm³/mol. The van der Waals surface area contributed by atoms with Gasteiger partial charge in [0.25, 0.3) is 0 Å². The molecule has 1 aromatic heterocycles. The zero-order valence-electron chi connectivity index (χ0n) is 7.29. The first-order chi connectivity index (χ1) is 6.66. The van der Waals surface area contributed by atoms with Crippen LogP contribution in [0.15, 0.2) is 18.2 Å². The van der Waals surface area contributed by atoms with Gasteiger partial charge in [0.15, 0.2) is 0 Å². The molecule has 2 nitrogen and oxygen atoms in total. The normalized spacial score (nSPS) is 10.5. The molecule has 0 N–H and O–H groups in total. The molecule has 0 unspecified atom stereocenters. The molecule has 0 spiro atoms. The fourth-order valence-electron chi connectivity index (χ4n) is 1.14. The van der Waals surface area contributed by atoms with Gasteiger partial charge in [0, 0.05) is 33.2 Å².